The third-order valence-corrected chi connectivity index (χ3v) is 5.53. The lowest BCUT2D eigenvalue weighted by molar-refractivity contribution is -0.498. The first kappa shape index (κ1) is 25.6. The summed E-state index contributed by atoms with van der Waals surface area (Å²) in [5.41, 5.74) is 0.0577. The highest BCUT2D eigenvalue weighted by Crippen LogP contribution is 2.33. The fraction of sp³-hybridized carbons (Fsp3) is 0.577. The second kappa shape index (κ2) is 10.1. The monoisotopic (exact) mass is 471 g/mol. The van der Waals surface area contributed by atoms with Crippen molar-refractivity contribution >= 4 is 24.0 Å². The van der Waals surface area contributed by atoms with Crippen LogP contribution in [0.3, 0.4) is 0 Å². The van der Waals surface area contributed by atoms with Crippen molar-refractivity contribution in [1.29, 1.82) is 0 Å². The molecule has 34 heavy (non-hydrogen) atoms. The van der Waals surface area contributed by atoms with Crippen LogP contribution in [0, 0.1) is 11.1 Å². The minimum atomic E-state index is -0.804. The van der Waals surface area contributed by atoms with E-state index in [-0.39, 0.29) is 12.6 Å². The molecule has 1 aromatic rings. The molecular weight excluding hydrogens is 434 g/mol. The zero-order valence-corrected chi connectivity index (χ0v) is 21.2. The fourth-order valence-corrected chi connectivity index (χ4v) is 4.21. The number of benzene rings is 1. The molecule has 0 bridgehead atoms. The van der Waals surface area contributed by atoms with Crippen LogP contribution in [0.5, 0.6) is 0 Å². The summed E-state index contributed by atoms with van der Waals surface area (Å²) in [6.45, 7) is 10.1. The Kier molecular flexibility index (Phi) is 7.58. The summed E-state index contributed by atoms with van der Waals surface area (Å²) < 4.78 is 12.1. The van der Waals surface area contributed by atoms with E-state index in [0.29, 0.717) is 11.4 Å². The first-order chi connectivity index (χ1) is 15.9. The van der Waals surface area contributed by atoms with Gasteiger partial charge in [0.05, 0.1) is 0 Å². The molecule has 8 heteroatoms. The van der Waals surface area contributed by atoms with Crippen molar-refractivity contribution in [2.24, 2.45) is 5.92 Å². The van der Waals surface area contributed by atoms with Gasteiger partial charge in [-0.15, -0.1) is 5.01 Å². The molecule has 0 spiro atoms. The number of rotatable bonds is 2. The summed E-state index contributed by atoms with van der Waals surface area (Å²) >= 11 is 0. The van der Waals surface area contributed by atoms with Crippen molar-refractivity contribution < 1.29 is 23.8 Å². The largest absolute Gasteiger partial charge is 0.622 e. The average molecular weight is 472 g/mol. The summed E-state index contributed by atoms with van der Waals surface area (Å²) in [5.74, 6) is -0.00747. The molecule has 0 unspecified atom stereocenters. The topological polar surface area (TPSA) is 85.2 Å². The first-order valence-corrected chi connectivity index (χ1v) is 12.0. The van der Waals surface area contributed by atoms with Crippen molar-refractivity contribution in [3.05, 3.63) is 46.8 Å². The predicted molar refractivity (Wildman–Crippen MR) is 131 cm³/mol. The predicted octanol–water partition coefficient (Wildman–Crippen LogP) is 5.92. The number of amides is 2. The van der Waals surface area contributed by atoms with E-state index in [4.69, 9.17) is 9.47 Å². The number of hydrazine groups is 1. The summed E-state index contributed by atoms with van der Waals surface area (Å²) in [6.07, 6.45) is 5.12. The molecule has 1 fully saturated rings. The molecule has 2 aliphatic rings. The van der Waals surface area contributed by atoms with Gasteiger partial charge in [0.25, 0.3) is 6.67 Å². The van der Waals surface area contributed by atoms with Crippen molar-refractivity contribution in [2.45, 2.75) is 84.8 Å². The van der Waals surface area contributed by atoms with Crippen molar-refractivity contribution in [3.63, 3.8) is 0 Å². The first-order valence-electron chi connectivity index (χ1n) is 12.0. The van der Waals surface area contributed by atoms with Gasteiger partial charge < -0.3 is 14.7 Å². The van der Waals surface area contributed by atoms with Crippen LogP contribution < -0.4 is 0 Å². The molecule has 1 heterocycles. The molecule has 0 atom stereocenters. The van der Waals surface area contributed by atoms with Gasteiger partial charge >= 0.3 is 12.2 Å². The van der Waals surface area contributed by atoms with E-state index in [1.807, 2.05) is 30.3 Å². The van der Waals surface area contributed by atoms with Crippen LogP contribution in [-0.2, 0) is 9.47 Å². The summed E-state index contributed by atoms with van der Waals surface area (Å²) in [5, 5.41) is 15.7. The molecule has 1 aromatic carbocycles. The average Bonchev–Trinajstić information content (AvgIpc) is 2.72. The lowest BCUT2D eigenvalue weighted by Crippen LogP contribution is -2.59. The quantitative estimate of drug-likeness (QED) is 0.395. The van der Waals surface area contributed by atoms with Crippen molar-refractivity contribution in [2.75, 3.05) is 6.67 Å². The van der Waals surface area contributed by atoms with E-state index in [2.05, 4.69) is 0 Å². The van der Waals surface area contributed by atoms with E-state index in [1.165, 1.54) is 5.01 Å². The van der Waals surface area contributed by atoms with Gasteiger partial charge in [0, 0.05) is 5.92 Å². The van der Waals surface area contributed by atoms with Crippen molar-refractivity contribution in [3.8, 4) is 0 Å². The second-order valence-electron chi connectivity index (χ2n) is 10.9. The maximum atomic E-state index is 13.5. The standard InChI is InChI=1S/C26H37N3O5/c1-25(2,3)33-23(30)27-18-28(32)22(20-15-11-8-12-16-20)21(17-19-13-9-7-10-14-19)29(27)24(31)34-26(4,5)6/h7,9-10,13-14,17,20H,8,11-12,15-16,18H2,1-6H3/b21-17-. The molecule has 0 radical (unpaired) electrons. The number of carbonyl (C=O) groups is 2. The van der Waals surface area contributed by atoms with Gasteiger partial charge in [-0.05, 0) is 66.0 Å². The van der Waals surface area contributed by atoms with Crippen molar-refractivity contribution in [1.82, 2.24) is 10.0 Å². The van der Waals surface area contributed by atoms with E-state index in [0.717, 1.165) is 47.4 Å². The molecule has 3 rings (SSSR count). The van der Waals surface area contributed by atoms with Gasteiger partial charge in [0.15, 0.2) is 0 Å². The Morgan fingerprint density at radius 2 is 1.50 bits per heavy atom. The van der Waals surface area contributed by atoms with Gasteiger partial charge in [-0.25, -0.2) is 9.59 Å². The maximum absolute atomic E-state index is 13.5. The Morgan fingerprint density at radius 1 is 0.941 bits per heavy atom. The Balaban J connectivity index is 2.17. The van der Waals surface area contributed by atoms with Gasteiger partial charge in [0.2, 0.25) is 5.71 Å². The van der Waals surface area contributed by atoms with Crippen LogP contribution in [-0.4, -0.2) is 50.5 Å². The third-order valence-electron chi connectivity index (χ3n) is 5.53. The minimum Gasteiger partial charge on any atom is -0.622 e. The zero-order chi connectivity index (χ0) is 25.1. The molecule has 1 saturated carbocycles. The van der Waals surface area contributed by atoms with Gasteiger partial charge in [-0.3, -0.25) is 0 Å². The molecule has 186 valence electrons. The van der Waals surface area contributed by atoms with Gasteiger partial charge in [0.1, 0.15) is 16.9 Å². The normalized spacial score (nSPS) is 19.4. The van der Waals surface area contributed by atoms with E-state index in [1.54, 1.807) is 47.6 Å². The van der Waals surface area contributed by atoms with E-state index in [9.17, 15) is 14.8 Å². The van der Waals surface area contributed by atoms with Gasteiger partial charge in [-0.2, -0.15) is 9.75 Å². The molecule has 1 aliphatic carbocycles. The SMILES string of the molecule is CC(C)(C)OC(=O)N1C[N+]([O-])=C(C2CCCCC2)/C(=C/c2ccccc2)N1C(=O)OC(C)(C)C. The fourth-order valence-electron chi connectivity index (χ4n) is 4.21. The number of hydrogen-bond acceptors (Lipinski definition) is 5. The molecular formula is C26H37N3O5. The Bertz CT molecular complexity index is 951. The Labute approximate surface area is 202 Å². The van der Waals surface area contributed by atoms with Crippen LogP contribution in [0.15, 0.2) is 36.0 Å². The number of allylic oxidation sites excluding steroid dienone is 1. The molecule has 2 amide bonds. The number of carbonyl (C=O) groups excluding carboxylic acids is 2. The zero-order valence-electron chi connectivity index (χ0n) is 21.2. The Morgan fingerprint density at radius 3 is 2.06 bits per heavy atom. The second-order valence-corrected chi connectivity index (χ2v) is 10.9. The number of hydrogen-bond donors (Lipinski definition) is 0. The van der Waals surface area contributed by atoms with Crippen LogP contribution in [0.2, 0.25) is 0 Å². The number of hydroxylamine groups is 1. The summed E-state index contributed by atoms with van der Waals surface area (Å²) in [6, 6.07) is 9.44. The smallest absolute Gasteiger partial charge is 0.435 e. The van der Waals surface area contributed by atoms with Crippen LogP contribution in [0.1, 0.15) is 79.2 Å². The van der Waals surface area contributed by atoms with Gasteiger partial charge in [-0.1, -0.05) is 49.6 Å². The lowest BCUT2D eigenvalue weighted by Gasteiger charge is -2.40. The lowest BCUT2D eigenvalue weighted by atomic mass is 9.84. The molecule has 8 nitrogen and oxygen atoms in total. The summed E-state index contributed by atoms with van der Waals surface area (Å²) in [7, 11) is 0. The maximum Gasteiger partial charge on any atom is 0.435 e. The Hall–Kier alpha value is -3.03. The van der Waals surface area contributed by atoms with Crippen LogP contribution in [0.4, 0.5) is 9.59 Å². The molecule has 0 saturated heterocycles. The number of ether oxygens (including phenoxy) is 2. The highest BCUT2D eigenvalue weighted by molar-refractivity contribution is 6.04. The third kappa shape index (κ3) is 6.52. The summed E-state index contributed by atoms with van der Waals surface area (Å²) in [4.78, 5) is 26.7. The van der Waals surface area contributed by atoms with E-state index >= 15 is 0 Å². The molecule has 1 aliphatic heterocycles. The number of nitrogens with zero attached hydrogens (tertiary/aromatic N) is 3. The molecule has 0 aromatic heterocycles. The molecule has 0 N–H and O–H groups in total. The van der Waals surface area contributed by atoms with Crippen LogP contribution >= 0.6 is 0 Å². The van der Waals surface area contributed by atoms with E-state index < -0.39 is 23.4 Å². The highest BCUT2D eigenvalue weighted by Gasteiger charge is 2.46. The van der Waals surface area contributed by atoms with Crippen LogP contribution in [0.25, 0.3) is 6.08 Å². The highest BCUT2D eigenvalue weighted by atomic mass is 16.6. The minimum absolute atomic E-state index is 0.00747.